The fourth-order valence-electron chi connectivity index (χ4n) is 1.99. The van der Waals surface area contributed by atoms with Crippen molar-refractivity contribution in [2.75, 3.05) is 11.9 Å². The van der Waals surface area contributed by atoms with Crippen molar-refractivity contribution in [2.45, 2.75) is 51.9 Å². The van der Waals surface area contributed by atoms with Crippen LogP contribution in [0.15, 0.2) is 28.7 Å². The standard InChI is InChI=1S/C16H25BrN2S/c1-2-3-4-5-6-7-8-13-18-16(20)19-15-11-9-14(17)10-12-15/h9-12H,2-8,13H2,1H3,(H2,18,19,20). The van der Waals surface area contributed by atoms with Crippen LogP contribution in [0.3, 0.4) is 0 Å². The molecule has 0 atom stereocenters. The van der Waals surface area contributed by atoms with Gasteiger partial charge in [0.05, 0.1) is 0 Å². The van der Waals surface area contributed by atoms with Gasteiger partial charge in [0.25, 0.3) is 0 Å². The topological polar surface area (TPSA) is 24.1 Å². The molecule has 1 rings (SSSR count). The molecule has 0 aliphatic rings. The quantitative estimate of drug-likeness (QED) is 0.452. The summed E-state index contributed by atoms with van der Waals surface area (Å²) in [6.07, 6.45) is 9.26. The summed E-state index contributed by atoms with van der Waals surface area (Å²) in [7, 11) is 0. The number of halogens is 1. The monoisotopic (exact) mass is 356 g/mol. The molecule has 1 aromatic carbocycles. The lowest BCUT2D eigenvalue weighted by Gasteiger charge is -2.10. The lowest BCUT2D eigenvalue weighted by molar-refractivity contribution is 0.586. The first kappa shape index (κ1) is 17.4. The molecule has 0 aliphatic carbocycles. The van der Waals surface area contributed by atoms with Crippen LogP contribution in [0.2, 0.25) is 0 Å². The van der Waals surface area contributed by atoms with Gasteiger partial charge >= 0.3 is 0 Å². The van der Waals surface area contributed by atoms with Crippen molar-refractivity contribution in [3.05, 3.63) is 28.7 Å². The van der Waals surface area contributed by atoms with Gasteiger partial charge < -0.3 is 10.6 Å². The number of hydrogen-bond acceptors (Lipinski definition) is 1. The van der Waals surface area contributed by atoms with Gasteiger partial charge in [-0.05, 0) is 42.9 Å². The first-order chi connectivity index (χ1) is 9.72. The summed E-state index contributed by atoms with van der Waals surface area (Å²) in [5.74, 6) is 0. The summed E-state index contributed by atoms with van der Waals surface area (Å²) in [6.45, 7) is 3.21. The van der Waals surface area contributed by atoms with E-state index in [1.807, 2.05) is 24.3 Å². The average molecular weight is 357 g/mol. The Morgan fingerprint density at radius 1 is 1.00 bits per heavy atom. The Labute approximate surface area is 136 Å². The van der Waals surface area contributed by atoms with E-state index >= 15 is 0 Å². The molecule has 2 nitrogen and oxygen atoms in total. The van der Waals surface area contributed by atoms with Crippen LogP contribution in [0.25, 0.3) is 0 Å². The summed E-state index contributed by atoms with van der Waals surface area (Å²) in [6, 6.07) is 8.01. The molecule has 0 spiro atoms. The Kier molecular flexibility index (Phi) is 9.67. The van der Waals surface area contributed by atoms with Crippen LogP contribution >= 0.6 is 28.1 Å². The molecule has 0 radical (unpaired) electrons. The van der Waals surface area contributed by atoms with Crippen molar-refractivity contribution in [1.82, 2.24) is 5.32 Å². The second kappa shape index (κ2) is 11.1. The van der Waals surface area contributed by atoms with Crippen LogP contribution in [0.1, 0.15) is 51.9 Å². The molecule has 0 aromatic heterocycles. The molecule has 112 valence electrons. The van der Waals surface area contributed by atoms with E-state index < -0.39 is 0 Å². The minimum atomic E-state index is 0.707. The Bertz CT molecular complexity index is 379. The van der Waals surface area contributed by atoms with Gasteiger partial charge in [0.1, 0.15) is 0 Å². The van der Waals surface area contributed by atoms with Crippen LogP contribution in [0.5, 0.6) is 0 Å². The molecule has 0 fully saturated rings. The Morgan fingerprint density at radius 3 is 2.25 bits per heavy atom. The number of rotatable bonds is 9. The van der Waals surface area contributed by atoms with Gasteiger partial charge in [0.15, 0.2) is 5.11 Å². The normalized spacial score (nSPS) is 10.3. The molecule has 1 aromatic rings. The van der Waals surface area contributed by atoms with E-state index in [0.29, 0.717) is 5.11 Å². The highest BCUT2D eigenvalue weighted by Gasteiger charge is 1.97. The van der Waals surface area contributed by atoms with Crippen molar-refractivity contribution in [1.29, 1.82) is 0 Å². The molecule has 0 amide bonds. The second-order valence-electron chi connectivity index (χ2n) is 5.01. The van der Waals surface area contributed by atoms with Crippen LogP contribution in [-0.2, 0) is 0 Å². The number of benzene rings is 1. The van der Waals surface area contributed by atoms with Gasteiger partial charge in [0.2, 0.25) is 0 Å². The van der Waals surface area contributed by atoms with Crippen molar-refractivity contribution in [3.8, 4) is 0 Å². The number of anilines is 1. The van der Waals surface area contributed by atoms with E-state index in [9.17, 15) is 0 Å². The minimum absolute atomic E-state index is 0.707. The highest BCUT2D eigenvalue weighted by atomic mass is 79.9. The molecule has 2 N–H and O–H groups in total. The van der Waals surface area contributed by atoms with Gasteiger partial charge in [-0.25, -0.2) is 0 Å². The summed E-state index contributed by atoms with van der Waals surface area (Å²) in [5, 5.41) is 7.15. The molecule has 20 heavy (non-hydrogen) atoms. The fraction of sp³-hybridized carbons (Fsp3) is 0.562. The van der Waals surface area contributed by atoms with Gasteiger partial charge in [-0.3, -0.25) is 0 Å². The van der Waals surface area contributed by atoms with Gasteiger partial charge in [-0.2, -0.15) is 0 Å². The van der Waals surface area contributed by atoms with E-state index in [2.05, 4.69) is 33.5 Å². The largest absolute Gasteiger partial charge is 0.362 e. The molecular formula is C16H25BrN2S. The lowest BCUT2D eigenvalue weighted by atomic mass is 10.1. The number of unbranched alkanes of at least 4 members (excludes halogenated alkanes) is 6. The first-order valence-electron chi connectivity index (χ1n) is 7.53. The van der Waals surface area contributed by atoms with Crippen molar-refractivity contribution in [2.24, 2.45) is 0 Å². The van der Waals surface area contributed by atoms with Crippen LogP contribution < -0.4 is 10.6 Å². The third-order valence-electron chi connectivity index (χ3n) is 3.17. The average Bonchev–Trinajstić information content (AvgIpc) is 2.44. The first-order valence-corrected chi connectivity index (χ1v) is 8.73. The lowest BCUT2D eigenvalue weighted by Crippen LogP contribution is -2.29. The molecule has 0 saturated carbocycles. The molecule has 0 aliphatic heterocycles. The summed E-state index contributed by atoms with van der Waals surface area (Å²) < 4.78 is 1.07. The summed E-state index contributed by atoms with van der Waals surface area (Å²) in [5.41, 5.74) is 1.02. The predicted octanol–water partition coefficient (Wildman–Crippen LogP) is 5.49. The summed E-state index contributed by atoms with van der Waals surface area (Å²) in [4.78, 5) is 0. The highest BCUT2D eigenvalue weighted by Crippen LogP contribution is 2.13. The van der Waals surface area contributed by atoms with E-state index in [0.717, 1.165) is 16.7 Å². The van der Waals surface area contributed by atoms with Crippen molar-refractivity contribution >= 4 is 38.9 Å². The smallest absolute Gasteiger partial charge is 0.170 e. The Hall–Kier alpha value is -0.610. The predicted molar refractivity (Wildman–Crippen MR) is 96.4 cm³/mol. The maximum atomic E-state index is 5.27. The summed E-state index contributed by atoms with van der Waals surface area (Å²) >= 11 is 8.69. The van der Waals surface area contributed by atoms with Crippen molar-refractivity contribution < 1.29 is 0 Å². The van der Waals surface area contributed by atoms with Crippen LogP contribution in [0, 0.1) is 0 Å². The Balaban J connectivity index is 2.01. The number of thiocarbonyl (C=S) groups is 1. The fourth-order valence-corrected chi connectivity index (χ4v) is 2.48. The van der Waals surface area contributed by atoms with Gasteiger partial charge in [-0.15, -0.1) is 0 Å². The van der Waals surface area contributed by atoms with E-state index in [4.69, 9.17) is 12.2 Å². The molecular weight excluding hydrogens is 332 g/mol. The minimum Gasteiger partial charge on any atom is -0.362 e. The van der Waals surface area contributed by atoms with E-state index in [1.165, 1.54) is 44.9 Å². The molecule has 0 heterocycles. The zero-order chi connectivity index (χ0) is 14.6. The van der Waals surface area contributed by atoms with Gasteiger partial charge in [0, 0.05) is 16.7 Å². The number of hydrogen-bond donors (Lipinski definition) is 2. The molecule has 0 bridgehead atoms. The maximum absolute atomic E-state index is 5.27. The van der Waals surface area contributed by atoms with Gasteiger partial charge in [-0.1, -0.05) is 61.4 Å². The highest BCUT2D eigenvalue weighted by molar-refractivity contribution is 9.10. The molecule has 0 saturated heterocycles. The zero-order valence-corrected chi connectivity index (χ0v) is 14.7. The van der Waals surface area contributed by atoms with Crippen LogP contribution in [0.4, 0.5) is 5.69 Å². The zero-order valence-electron chi connectivity index (χ0n) is 12.3. The molecule has 4 heteroatoms. The van der Waals surface area contributed by atoms with Crippen LogP contribution in [-0.4, -0.2) is 11.7 Å². The maximum Gasteiger partial charge on any atom is 0.170 e. The second-order valence-corrected chi connectivity index (χ2v) is 6.33. The van der Waals surface area contributed by atoms with Crippen molar-refractivity contribution in [3.63, 3.8) is 0 Å². The molecule has 0 unspecified atom stereocenters. The number of nitrogens with one attached hydrogen (secondary N) is 2. The van der Waals surface area contributed by atoms with E-state index in [1.54, 1.807) is 0 Å². The van der Waals surface area contributed by atoms with E-state index in [-0.39, 0.29) is 0 Å². The Morgan fingerprint density at radius 2 is 1.60 bits per heavy atom. The SMILES string of the molecule is CCCCCCCCCNC(=S)Nc1ccc(Br)cc1. The third kappa shape index (κ3) is 8.54. The third-order valence-corrected chi connectivity index (χ3v) is 3.94.